The maximum Gasteiger partial charge on any atom is 0.254 e. The molecule has 0 aliphatic heterocycles. The van der Waals surface area contributed by atoms with Gasteiger partial charge in [-0.25, -0.2) is 0 Å². The van der Waals surface area contributed by atoms with Gasteiger partial charge in [0, 0.05) is 47.0 Å². The van der Waals surface area contributed by atoms with Crippen molar-refractivity contribution in [1.29, 1.82) is 0 Å². The van der Waals surface area contributed by atoms with Crippen molar-refractivity contribution in [3.8, 4) is 11.5 Å². The van der Waals surface area contributed by atoms with E-state index in [1.165, 1.54) is 21.8 Å². The molecule has 5 aromatic rings. The second-order valence-corrected chi connectivity index (χ2v) is 9.59. The van der Waals surface area contributed by atoms with Gasteiger partial charge in [-0.2, -0.15) is 0 Å². The van der Waals surface area contributed by atoms with Gasteiger partial charge in [0.15, 0.2) is 11.5 Å². The van der Waals surface area contributed by atoms with E-state index in [9.17, 15) is 4.79 Å². The summed E-state index contributed by atoms with van der Waals surface area (Å²) in [4.78, 5) is 15.8. The Labute approximate surface area is 224 Å². The lowest BCUT2D eigenvalue weighted by atomic mass is 10.0. The van der Waals surface area contributed by atoms with Gasteiger partial charge in [0.05, 0.1) is 14.2 Å². The fourth-order valence-corrected chi connectivity index (χ4v) is 5.30. The van der Waals surface area contributed by atoms with Crippen LogP contribution in [0.3, 0.4) is 0 Å². The number of carbonyl (C=O) groups is 1. The van der Waals surface area contributed by atoms with Crippen molar-refractivity contribution in [3.05, 3.63) is 107 Å². The van der Waals surface area contributed by atoms with E-state index in [1.807, 2.05) is 54.3 Å². The number of aryl methyl sites for hydroxylation is 2. The molecule has 0 N–H and O–H groups in total. The highest BCUT2D eigenvalue weighted by Crippen LogP contribution is 2.31. The van der Waals surface area contributed by atoms with E-state index in [0.29, 0.717) is 31.0 Å². The average Bonchev–Trinajstić information content (AvgIpc) is 3.27. The van der Waals surface area contributed by atoms with Gasteiger partial charge < -0.3 is 18.9 Å². The van der Waals surface area contributed by atoms with E-state index in [2.05, 4.69) is 54.0 Å². The van der Waals surface area contributed by atoms with E-state index >= 15 is 0 Å². The van der Waals surface area contributed by atoms with Crippen LogP contribution in [0.1, 0.15) is 34.0 Å². The summed E-state index contributed by atoms with van der Waals surface area (Å²) in [7, 11) is 3.27. The second kappa shape index (κ2) is 11.0. The molecular weight excluding hydrogens is 472 g/mol. The van der Waals surface area contributed by atoms with Crippen LogP contribution < -0.4 is 9.47 Å². The molecule has 38 heavy (non-hydrogen) atoms. The van der Waals surface area contributed by atoms with Gasteiger partial charge in [0.25, 0.3) is 5.91 Å². The first-order chi connectivity index (χ1) is 18.5. The SMILES string of the molecule is CCn1c2ccccc2c2cc(CN(CCc3ccc(OC)c(OC)c3)C(=O)c3ccccc3C)ccc21. The van der Waals surface area contributed by atoms with Crippen molar-refractivity contribution in [3.63, 3.8) is 0 Å². The molecule has 5 rings (SSSR count). The van der Waals surface area contributed by atoms with Crippen LogP contribution >= 0.6 is 0 Å². The lowest BCUT2D eigenvalue weighted by Gasteiger charge is -2.24. The number of hydrogen-bond acceptors (Lipinski definition) is 3. The number of nitrogens with zero attached hydrogens (tertiary/aromatic N) is 2. The van der Waals surface area contributed by atoms with Gasteiger partial charge in [0.1, 0.15) is 0 Å². The molecule has 4 aromatic carbocycles. The fourth-order valence-electron chi connectivity index (χ4n) is 5.30. The summed E-state index contributed by atoms with van der Waals surface area (Å²) in [6.45, 7) is 6.19. The van der Waals surface area contributed by atoms with Crippen LogP contribution in [0.4, 0.5) is 0 Å². The molecule has 0 fully saturated rings. The van der Waals surface area contributed by atoms with Crippen molar-refractivity contribution in [2.75, 3.05) is 20.8 Å². The van der Waals surface area contributed by atoms with Gasteiger partial charge in [-0.05, 0) is 73.4 Å². The van der Waals surface area contributed by atoms with Crippen molar-refractivity contribution in [2.24, 2.45) is 0 Å². The number of methoxy groups -OCH3 is 2. The summed E-state index contributed by atoms with van der Waals surface area (Å²) in [6, 6.07) is 28.9. The number of carbonyl (C=O) groups excluding carboxylic acids is 1. The van der Waals surface area contributed by atoms with Crippen LogP contribution in [-0.4, -0.2) is 36.1 Å². The number of ether oxygens (including phenoxy) is 2. The maximum absolute atomic E-state index is 13.8. The normalized spacial score (nSPS) is 11.2. The Balaban J connectivity index is 1.48. The van der Waals surface area contributed by atoms with E-state index in [4.69, 9.17) is 9.47 Å². The highest BCUT2D eigenvalue weighted by molar-refractivity contribution is 6.08. The molecule has 0 saturated carbocycles. The quantitative estimate of drug-likeness (QED) is 0.216. The number of hydrogen-bond donors (Lipinski definition) is 0. The van der Waals surface area contributed by atoms with Crippen molar-refractivity contribution < 1.29 is 14.3 Å². The number of benzene rings is 4. The maximum atomic E-state index is 13.8. The van der Waals surface area contributed by atoms with Gasteiger partial charge in [-0.1, -0.05) is 48.5 Å². The molecule has 5 heteroatoms. The molecule has 0 aliphatic carbocycles. The smallest absolute Gasteiger partial charge is 0.254 e. The molecule has 5 nitrogen and oxygen atoms in total. The monoisotopic (exact) mass is 506 g/mol. The Morgan fingerprint density at radius 1 is 0.789 bits per heavy atom. The molecule has 0 aliphatic rings. The topological polar surface area (TPSA) is 43.7 Å². The zero-order chi connectivity index (χ0) is 26.6. The zero-order valence-electron chi connectivity index (χ0n) is 22.5. The Bertz CT molecular complexity index is 1600. The Morgan fingerprint density at radius 2 is 1.50 bits per heavy atom. The van der Waals surface area contributed by atoms with Gasteiger partial charge in [-0.3, -0.25) is 4.79 Å². The minimum absolute atomic E-state index is 0.0414. The Morgan fingerprint density at radius 3 is 2.26 bits per heavy atom. The van der Waals surface area contributed by atoms with Crippen LogP contribution in [0, 0.1) is 6.92 Å². The van der Waals surface area contributed by atoms with Crippen molar-refractivity contribution in [1.82, 2.24) is 9.47 Å². The number of rotatable bonds is 9. The number of para-hydroxylation sites is 1. The van der Waals surface area contributed by atoms with Gasteiger partial charge >= 0.3 is 0 Å². The molecule has 0 saturated heterocycles. The van der Waals surface area contributed by atoms with Gasteiger partial charge in [0.2, 0.25) is 0 Å². The average molecular weight is 507 g/mol. The summed E-state index contributed by atoms with van der Waals surface area (Å²) in [6.07, 6.45) is 0.704. The molecule has 0 bridgehead atoms. The Kier molecular flexibility index (Phi) is 7.36. The number of amides is 1. The van der Waals surface area contributed by atoms with Crippen LogP contribution in [0.5, 0.6) is 11.5 Å². The second-order valence-electron chi connectivity index (χ2n) is 9.59. The van der Waals surface area contributed by atoms with E-state index in [1.54, 1.807) is 14.2 Å². The summed E-state index contributed by atoms with van der Waals surface area (Å²) >= 11 is 0. The molecule has 0 atom stereocenters. The third-order valence-corrected chi connectivity index (χ3v) is 7.31. The molecular formula is C33H34N2O3. The Hall–Kier alpha value is -4.25. The number of fused-ring (bicyclic) bond motifs is 3. The van der Waals surface area contributed by atoms with Crippen molar-refractivity contribution in [2.45, 2.75) is 33.4 Å². The molecule has 0 radical (unpaired) electrons. The summed E-state index contributed by atoms with van der Waals surface area (Å²) in [5.74, 6) is 1.43. The molecule has 0 unspecified atom stereocenters. The summed E-state index contributed by atoms with van der Waals surface area (Å²) in [5.41, 5.74) is 6.39. The van der Waals surface area contributed by atoms with E-state index in [-0.39, 0.29) is 5.91 Å². The first-order valence-electron chi connectivity index (χ1n) is 13.1. The number of aromatic nitrogens is 1. The minimum atomic E-state index is 0.0414. The zero-order valence-corrected chi connectivity index (χ0v) is 22.5. The van der Waals surface area contributed by atoms with Crippen molar-refractivity contribution >= 4 is 27.7 Å². The van der Waals surface area contributed by atoms with Crippen LogP contribution in [0.15, 0.2) is 84.9 Å². The van der Waals surface area contributed by atoms with Crippen LogP contribution in [0.2, 0.25) is 0 Å². The molecule has 1 heterocycles. The molecule has 1 amide bonds. The summed E-state index contributed by atoms with van der Waals surface area (Å²) in [5, 5.41) is 2.47. The highest BCUT2D eigenvalue weighted by atomic mass is 16.5. The van der Waals surface area contributed by atoms with Crippen LogP contribution in [-0.2, 0) is 19.5 Å². The standard InChI is InChI=1S/C33H34N2O3/c1-5-35-29-13-9-8-12-27(29)28-20-25(14-16-30(28)35)22-34(33(36)26-11-7-6-10-23(26)2)19-18-24-15-17-31(37-3)32(21-24)38-4/h6-17,20-21H,5,18-19,22H2,1-4H3. The predicted octanol–water partition coefficient (Wildman–Crippen LogP) is 7.03. The lowest BCUT2D eigenvalue weighted by molar-refractivity contribution is 0.0744. The third-order valence-electron chi connectivity index (χ3n) is 7.31. The molecule has 0 spiro atoms. The van der Waals surface area contributed by atoms with E-state index < -0.39 is 0 Å². The van der Waals surface area contributed by atoms with Gasteiger partial charge in [-0.15, -0.1) is 0 Å². The minimum Gasteiger partial charge on any atom is -0.493 e. The predicted molar refractivity (Wildman–Crippen MR) is 154 cm³/mol. The fraction of sp³-hybridized carbons (Fsp3) is 0.242. The third kappa shape index (κ3) is 4.84. The first kappa shape index (κ1) is 25.4. The molecule has 1 aromatic heterocycles. The van der Waals surface area contributed by atoms with E-state index in [0.717, 1.165) is 28.8 Å². The largest absolute Gasteiger partial charge is 0.493 e. The lowest BCUT2D eigenvalue weighted by Crippen LogP contribution is -2.33. The van der Waals surface area contributed by atoms with Crippen LogP contribution in [0.25, 0.3) is 21.8 Å². The molecule has 194 valence electrons. The first-order valence-corrected chi connectivity index (χ1v) is 13.1. The summed E-state index contributed by atoms with van der Waals surface area (Å²) < 4.78 is 13.2. The highest BCUT2D eigenvalue weighted by Gasteiger charge is 2.19.